The van der Waals surface area contributed by atoms with Gasteiger partial charge < -0.3 is 9.47 Å². The molecule has 0 aromatic rings. The monoisotopic (exact) mass is 340 g/mol. The van der Waals surface area contributed by atoms with Crippen LogP contribution in [0.1, 0.15) is 66.2 Å². The lowest BCUT2D eigenvalue weighted by atomic mass is 9.90. The molecular weight excluding hydrogens is 313 g/mol. The zero-order valence-electron chi connectivity index (χ0n) is 14.3. The van der Waals surface area contributed by atoms with E-state index in [1.54, 1.807) is 6.92 Å². The van der Waals surface area contributed by atoms with E-state index < -0.39 is 24.4 Å². The summed E-state index contributed by atoms with van der Waals surface area (Å²) in [6.07, 6.45) is -2.06. The van der Waals surface area contributed by atoms with Crippen LogP contribution in [-0.4, -0.2) is 30.3 Å². The van der Waals surface area contributed by atoms with Crippen molar-refractivity contribution < 1.29 is 32.2 Å². The van der Waals surface area contributed by atoms with Gasteiger partial charge in [-0.1, -0.05) is 27.7 Å². The molecule has 1 atom stereocenters. The molecule has 0 aromatic carbocycles. The Morgan fingerprint density at radius 1 is 1.09 bits per heavy atom. The molecule has 0 aliphatic heterocycles. The van der Waals surface area contributed by atoms with Gasteiger partial charge in [-0.2, -0.15) is 13.2 Å². The van der Waals surface area contributed by atoms with Crippen molar-refractivity contribution in [3.63, 3.8) is 0 Å². The number of alkyl halides is 3. The average Bonchev–Trinajstić information content (AvgIpc) is 2.50. The number of carbonyl (C=O) groups excluding carboxylic acids is 2. The number of hydrogen-bond acceptors (Lipinski definition) is 4. The first-order valence-corrected chi connectivity index (χ1v) is 8.04. The highest BCUT2D eigenvalue weighted by Crippen LogP contribution is 2.29. The Balaban J connectivity index is 4.43. The molecule has 0 rings (SSSR count). The molecule has 1 unspecified atom stereocenters. The summed E-state index contributed by atoms with van der Waals surface area (Å²) in [4.78, 5) is 23.3. The first-order valence-electron chi connectivity index (χ1n) is 8.04. The Bertz CT molecular complexity index is 376. The summed E-state index contributed by atoms with van der Waals surface area (Å²) in [6, 6.07) is 0. The number of esters is 2. The minimum Gasteiger partial charge on any atom is -0.459 e. The van der Waals surface area contributed by atoms with Gasteiger partial charge in [0, 0.05) is 6.42 Å². The summed E-state index contributed by atoms with van der Waals surface area (Å²) >= 11 is 0. The van der Waals surface area contributed by atoms with E-state index in [9.17, 15) is 22.8 Å². The van der Waals surface area contributed by atoms with Crippen LogP contribution in [0.4, 0.5) is 13.2 Å². The van der Waals surface area contributed by atoms with Gasteiger partial charge in [0.2, 0.25) is 0 Å². The van der Waals surface area contributed by atoms with Gasteiger partial charge in [0.1, 0.15) is 5.60 Å². The fourth-order valence-electron chi connectivity index (χ4n) is 2.07. The maximum Gasteiger partial charge on any atom is 0.422 e. The van der Waals surface area contributed by atoms with Crippen LogP contribution in [0.2, 0.25) is 0 Å². The average molecular weight is 340 g/mol. The van der Waals surface area contributed by atoms with Crippen LogP contribution < -0.4 is 0 Å². The maximum atomic E-state index is 12.0. The molecule has 0 radical (unpaired) electrons. The van der Waals surface area contributed by atoms with Gasteiger partial charge in [-0.3, -0.25) is 9.59 Å². The van der Waals surface area contributed by atoms with Crippen molar-refractivity contribution in [2.75, 3.05) is 6.61 Å². The highest BCUT2D eigenvalue weighted by molar-refractivity contribution is 5.72. The SMILES string of the molecule is CCC(C)C(=O)OC(CC)(CC)CCCC(=O)OCC(F)(F)F. The number of halogens is 3. The highest BCUT2D eigenvalue weighted by atomic mass is 19.4. The molecule has 0 fully saturated rings. The van der Waals surface area contributed by atoms with Crippen LogP contribution in [-0.2, 0) is 19.1 Å². The minimum atomic E-state index is -4.52. The summed E-state index contributed by atoms with van der Waals surface area (Å²) in [5.74, 6) is -1.38. The van der Waals surface area contributed by atoms with Crippen molar-refractivity contribution in [2.24, 2.45) is 5.92 Å². The molecule has 0 heterocycles. The lowest BCUT2D eigenvalue weighted by Crippen LogP contribution is -2.36. The first-order chi connectivity index (χ1) is 10.6. The molecular formula is C16H27F3O4. The molecule has 23 heavy (non-hydrogen) atoms. The zero-order valence-corrected chi connectivity index (χ0v) is 14.3. The predicted octanol–water partition coefficient (Wildman–Crippen LogP) is 4.41. The van der Waals surface area contributed by atoms with Crippen molar-refractivity contribution in [1.29, 1.82) is 0 Å². The van der Waals surface area contributed by atoms with Crippen molar-refractivity contribution in [1.82, 2.24) is 0 Å². The van der Waals surface area contributed by atoms with Crippen LogP contribution in [0.5, 0.6) is 0 Å². The highest BCUT2D eigenvalue weighted by Gasteiger charge is 2.32. The van der Waals surface area contributed by atoms with E-state index in [1.165, 1.54) is 0 Å². The van der Waals surface area contributed by atoms with E-state index in [0.717, 1.165) is 0 Å². The fraction of sp³-hybridized carbons (Fsp3) is 0.875. The zero-order chi connectivity index (χ0) is 18.1. The quantitative estimate of drug-likeness (QED) is 0.553. The van der Waals surface area contributed by atoms with E-state index >= 15 is 0 Å². The lowest BCUT2D eigenvalue weighted by Gasteiger charge is -2.32. The van der Waals surface area contributed by atoms with E-state index in [-0.39, 0.29) is 18.3 Å². The Morgan fingerprint density at radius 3 is 2.09 bits per heavy atom. The fourth-order valence-corrected chi connectivity index (χ4v) is 2.07. The molecule has 0 bridgehead atoms. The maximum absolute atomic E-state index is 12.0. The summed E-state index contributed by atoms with van der Waals surface area (Å²) in [5, 5.41) is 0. The van der Waals surface area contributed by atoms with Crippen LogP contribution in [0.15, 0.2) is 0 Å². The number of ether oxygens (including phenoxy) is 2. The topological polar surface area (TPSA) is 52.6 Å². The minimum absolute atomic E-state index is 0.126. The van der Waals surface area contributed by atoms with Gasteiger partial charge in [-0.05, 0) is 32.1 Å². The van der Waals surface area contributed by atoms with E-state index in [4.69, 9.17) is 4.74 Å². The Hall–Kier alpha value is -1.27. The van der Waals surface area contributed by atoms with Gasteiger partial charge in [-0.25, -0.2) is 0 Å². The number of rotatable bonds is 10. The normalized spacial score (nSPS) is 13.5. The second kappa shape index (κ2) is 9.78. The van der Waals surface area contributed by atoms with Crippen molar-refractivity contribution >= 4 is 11.9 Å². The molecule has 7 heteroatoms. The molecule has 0 amide bonds. The first kappa shape index (κ1) is 21.7. The summed E-state index contributed by atoms with van der Waals surface area (Å²) in [7, 11) is 0. The van der Waals surface area contributed by atoms with Crippen LogP contribution in [0.3, 0.4) is 0 Å². The van der Waals surface area contributed by atoms with Gasteiger partial charge in [0.05, 0.1) is 5.92 Å². The third-order valence-corrected chi connectivity index (χ3v) is 4.03. The van der Waals surface area contributed by atoms with Gasteiger partial charge in [0.15, 0.2) is 6.61 Å². The molecule has 0 aromatic heterocycles. The molecule has 0 aliphatic rings. The van der Waals surface area contributed by atoms with Crippen molar-refractivity contribution in [3.8, 4) is 0 Å². The molecule has 0 spiro atoms. The second-order valence-corrected chi connectivity index (χ2v) is 5.75. The van der Waals surface area contributed by atoms with Crippen molar-refractivity contribution in [2.45, 2.75) is 78.0 Å². The van der Waals surface area contributed by atoms with E-state index in [0.29, 0.717) is 32.1 Å². The molecule has 0 N–H and O–H groups in total. The molecule has 136 valence electrons. The molecule has 0 aliphatic carbocycles. The lowest BCUT2D eigenvalue weighted by molar-refractivity contribution is -0.186. The second-order valence-electron chi connectivity index (χ2n) is 5.75. The third kappa shape index (κ3) is 8.81. The molecule has 4 nitrogen and oxygen atoms in total. The van der Waals surface area contributed by atoms with Crippen LogP contribution in [0, 0.1) is 5.92 Å². The summed E-state index contributed by atoms with van der Waals surface area (Å²) in [5.41, 5.74) is -0.676. The largest absolute Gasteiger partial charge is 0.459 e. The van der Waals surface area contributed by atoms with Crippen molar-refractivity contribution in [3.05, 3.63) is 0 Å². The van der Waals surface area contributed by atoms with Crippen LogP contribution >= 0.6 is 0 Å². The Morgan fingerprint density at radius 2 is 1.65 bits per heavy atom. The standard InChI is InChI=1S/C16H27F3O4/c1-5-12(4)14(21)23-15(6-2,7-3)10-8-9-13(20)22-11-16(17,18)19/h12H,5-11H2,1-4H3. The van der Waals surface area contributed by atoms with E-state index in [1.807, 2.05) is 20.8 Å². The summed E-state index contributed by atoms with van der Waals surface area (Å²) < 4.78 is 45.6. The van der Waals surface area contributed by atoms with Gasteiger partial charge in [-0.15, -0.1) is 0 Å². The van der Waals surface area contributed by atoms with E-state index in [2.05, 4.69) is 4.74 Å². The number of carbonyl (C=O) groups is 2. The molecule has 0 saturated heterocycles. The van der Waals surface area contributed by atoms with Gasteiger partial charge in [0.25, 0.3) is 0 Å². The number of hydrogen-bond donors (Lipinski definition) is 0. The Labute approximate surface area is 135 Å². The molecule has 0 saturated carbocycles. The smallest absolute Gasteiger partial charge is 0.422 e. The van der Waals surface area contributed by atoms with Gasteiger partial charge >= 0.3 is 18.1 Å². The van der Waals surface area contributed by atoms with Crippen LogP contribution in [0.25, 0.3) is 0 Å². The summed E-state index contributed by atoms with van der Waals surface area (Å²) in [6.45, 7) is 5.88. The third-order valence-electron chi connectivity index (χ3n) is 4.03. The Kier molecular flexibility index (Phi) is 9.24. The predicted molar refractivity (Wildman–Crippen MR) is 79.7 cm³/mol.